The molecule has 0 aromatic heterocycles. The minimum Gasteiger partial charge on any atom is -0.479 e. The number of benzene rings is 1. The minimum absolute atomic E-state index is 0.0949. The first-order valence-electron chi connectivity index (χ1n) is 10.5. The first kappa shape index (κ1) is 26.6. The summed E-state index contributed by atoms with van der Waals surface area (Å²) >= 11 is 0. The van der Waals surface area contributed by atoms with Crippen LogP contribution < -0.4 is 11.5 Å². The van der Waals surface area contributed by atoms with Crippen molar-refractivity contribution in [2.75, 3.05) is 6.79 Å². The summed E-state index contributed by atoms with van der Waals surface area (Å²) in [4.78, 5) is 35.6. The van der Waals surface area contributed by atoms with E-state index in [1.165, 1.54) is 31.2 Å². The number of hydrogen-bond donors (Lipinski definition) is 3. The second kappa shape index (κ2) is 10.5. The molecule has 0 aliphatic heterocycles. The maximum Gasteiger partial charge on any atom is 0.341 e. The molecule has 184 valence electrons. The molecule has 1 unspecified atom stereocenters. The molecule has 9 nitrogen and oxygen atoms in total. The molecular weight excluding hydrogens is 442 g/mol. The van der Waals surface area contributed by atoms with Gasteiger partial charge in [-0.15, -0.1) is 0 Å². The minimum atomic E-state index is -2.42. The topological polar surface area (TPSA) is 151 Å². The Morgan fingerprint density at radius 3 is 2.36 bits per heavy atom. The van der Waals surface area contributed by atoms with E-state index in [1.807, 2.05) is 0 Å². The van der Waals surface area contributed by atoms with Gasteiger partial charge in [0.1, 0.15) is 17.4 Å². The van der Waals surface area contributed by atoms with Crippen LogP contribution in [0.4, 0.5) is 8.78 Å². The molecule has 0 spiro atoms. The number of aliphatic carboxylic acids is 1. The Morgan fingerprint density at radius 1 is 1.24 bits per heavy atom. The van der Waals surface area contributed by atoms with Crippen LogP contribution in [-0.2, 0) is 35.2 Å². The largest absolute Gasteiger partial charge is 0.479 e. The van der Waals surface area contributed by atoms with E-state index in [1.54, 1.807) is 13.8 Å². The van der Waals surface area contributed by atoms with Gasteiger partial charge in [0.25, 0.3) is 0 Å². The highest BCUT2D eigenvalue weighted by atomic mass is 19.1. The van der Waals surface area contributed by atoms with E-state index in [9.17, 15) is 23.2 Å². The van der Waals surface area contributed by atoms with Gasteiger partial charge in [0.15, 0.2) is 0 Å². The molecule has 11 heteroatoms. The third-order valence-electron chi connectivity index (χ3n) is 5.74. The van der Waals surface area contributed by atoms with Crippen LogP contribution >= 0.6 is 0 Å². The van der Waals surface area contributed by atoms with Crippen LogP contribution in [0.15, 0.2) is 24.3 Å². The van der Waals surface area contributed by atoms with Gasteiger partial charge in [-0.25, -0.2) is 18.4 Å². The van der Waals surface area contributed by atoms with Gasteiger partial charge >= 0.3 is 17.9 Å². The van der Waals surface area contributed by atoms with E-state index in [0.29, 0.717) is 5.56 Å². The van der Waals surface area contributed by atoms with Crippen molar-refractivity contribution in [1.82, 2.24) is 0 Å². The zero-order valence-corrected chi connectivity index (χ0v) is 18.8. The van der Waals surface area contributed by atoms with Crippen LogP contribution in [0.1, 0.15) is 39.2 Å². The summed E-state index contributed by atoms with van der Waals surface area (Å²) in [6.45, 7) is 3.90. The van der Waals surface area contributed by atoms with E-state index in [2.05, 4.69) is 0 Å². The fraction of sp³-hybridized carbons (Fsp3) is 0.591. The zero-order chi connectivity index (χ0) is 25.0. The van der Waals surface area contributed by atoms with Gasteiger partial charge < -0.3 is 30.8 Å². The zero-order valence-electron chi connectivity index (χ0n) is 18.8. The van der Waals surface area contributed by atoms with Crippen molar-refractivity contribution in [1.29, 1.82) is 0 Å². The first-order valence-corrected chi connectivity index (χ1v) is 10.5. The molecule has 5 N–H and O–H groups in total. The van der Waals surface area contributed by atoms with Crippen molar-refractivity contribution in [2.45, 2.75) is 63.6 Å². The molecule has 0 heterocycles. The van der Waals surface area contributed by atoms with Gasteiger partial charge in [-0.05, 0) is 43.4 Å². The summed E-state index contributed by atoms with van der Waals surface area (Å²) in [5.74, 6) is -4.91. The number of carboxylic acid groups (broad SMARTS) is 1. The molecule has 2 rings (SSSR count). The molecule has 0 saturated heterocycles. The maximum atomic E-state index is 14.4. The monoisotopic (exact) mass is 472 g/mol. The van der Waals surface area contributed by atoms with Gasteiger partial charge in [-0.2, -0.15) is 0 Å². The molecule has 1 aromatic carbocycles. The molecule has 33 heavy (non-hydrogen) atoms. The number of carbonyl (C=O) groups excluding carboxylic acids is 2. The number of halogens is 2. The van der Waals surface area contributed by atoms with E-state index in [-0.39, 0.29) is 25.4 Å². The standard InChI is InChI=1S/C22H30F2N2O7/c1-12(2)17(25)18(27)32-11-33-20(30)21(3,26)16(8-14-9-22(14,24)19(28)29)31-10-13-4-6-15(23)7-5-13/h4-7,12,14,16-17H,8-11,25-26H2,1-3H3,(H,28,29)/t14-,16-,17+,21?,22+/m1/s1. The predicted molar refractivity (Wildman–Crippen MR) is 112 cm³/mol. The van der Waals surface area contributed by atoms with Crippen LogP contribution in [0.25, 0.3) is 0 Å². The summed E-state index contributed by atoms with van der Waals surface area (Å²) < 4.78 is 43.0. The first-order chi connectivity index (χ1) is 15.3. The Hall–Kier alpha value is -2.63. The van der Waals surface area contributed by atoms with Gasteiger partial charge in [-0.3, -0.25) is 4.79 Å². The fourth-order valence-electron chi connectivity index (χ4n) is 3.15. The van der Waals surface area contributed by atoms with Crippen molar-refractivity contribution in [3.63, 3.8) is 0 Å². The average molecular weight is 472 g/mol. The second-order valence-corrected chi connectivity index (χ2v) is 8.80. The van der Waals surface area contributed by atoms with Crippen molar-refractivity contribution in [3.05, 3.63) is 35.6 Å². The van der Waals surface area contributed by atoms with E-state index < -0.39 is 59.8 Å². The third-order valence-corrected chi connectivity index (χ3v) is 5.74. The Kier molecular flexibility index (Phi) is 8.50. The van der Waals surface area contributed by atoms with E-state index >= 15 is 0 Å². The Balaban J connectivity index is 2.05. The van der Waals surface area contributed by atoms with Crippen molar-refractivity contribution in [3.8, 4) is 0 Å². The highest BCUT2D eigenvalue weighted by Gasteiger charge is 2.63. The van der Waals surface area contributed by atoms with Crippen LogP contribution in [0.2, 0.25) is 0 Å². The number of rotatable bonds is 12. The number of carboxylic acids is 1. The van der Waals surface area contributed by atoms with E-state index in [4.69, 9.17) is 30.8 Å². The van der Waals surface area contributed by atoms with Crippen LogP contribution in [0, 0.1) is 17.7 Å². The summed E-state index contributed by atoms with van der Waals surface area (Å²) in [6.07, 6.45) is -1.57. The lowest BCUT2D eigenvalue weighted by Crippen LogP contribution is -2.57. The molecule has 1 aliphatic rings. The van der Waals surface area contributed by atoms with Crippen molar-refractivity contribution < 1.29 is 42.5 Å². The molecule has 1 aromatic rings. The van der Waals surface area contributed by atoms with Gasteiger partial charge in [0, 0.05) is 5.92 Å². The van der Waals surface area contributed by atoms with Crippen molar-refractivity contribution in [2.24, 2.45) is 23.3 Å². The Morgan fingerprint density at radius 2 is 1.85 bits per heavy atom. The summed E-state index contributed by atoms with van der Waals surface area (Å²) in [5.41, 5.74) is 8.13. The number of alkyl halides is 1. The molecule has 0 bridgehead atoms. The number of nitrogens with two attached hydrogens (primary N) is 2. The van der Waals surface area contributed by atoms with Crippen LogP contribution in [-0.4, -0.2) is 53.2 Å². The summed E-state index contributed by atoms with van der Waals surface area (Å²) in [5, 5.41) is 9.06. The quantitative estimate of drug-likeness (QED) is 0.305. The predicted octanol–water partition coefficient (Wildman–Crippen LogP) is 1.66. The SMILES string of the molecule is CC(C)[C@H](N)C(=O)OCOC(=O)C(C)(N)[C@@H](C[C@@H]1C[C@@]1(F)C(=O)O)OCc1ccc(F)cc1. The molecule has 5 atom stereocenters. The maximum absolute atomic E-state index is 14.4. The summed E-state index contributed by atoms with van der Waals surface area (Å²) in [6, 6.07) is 4.46. The second-order valence-electron chi connectivity index (χ2n) is 8.80. The third kappa shape index (κ3) is 6.68. The smallest absolute Gasteiger partial charge is 0.341 e. The van der Waals surface area contributed by atoms with Crippen LogP contribution in [0.5, 0.6) is 0 Å². The van der Waals surface area contributed by atoms with Gasteiger partial charge in [0.2, 0.25) is 12.5 Å². The highest BCUT2D eigenvalue weighted by molar-refractivity contribution is 5.82. The lowest BCUT2D eigenvalue weighted by Gasteiger charge is -2.32. The Labute approximate surface area is 190 Å². The number of esters is 2. The van der Waals surface area contributed by atoms with Gasteiger partial charge in [0.05, 0.1) is 12.7 Å². The molecule has 0 amide bonds. The number of ether oxygens (including phenoxy) is 3. The molecule has 1 fully saturated rings. The van der Waals surface area contributed by atoms with Crippen LogP contribution in [0.3, 0.4) is 0 Å². The average Bonchev–Trinajstić information content (AvgIpc) is 3.42. The normalized spacial score (nSPS) is 23.3. The summed E-state index contributed by atoms with van der Waals surface area (Å²) in [7, 11) is 0. The van der Waals surface area contributed by atoms with Crippen molar-refractivity contribution >= 4 is 17.9 Å². The van der Waals surface area contributed by atoms with Gasteiger partial charge in [-0.1, -0.05) is 26.0 Å². The number of hydrogen-bond acceptors (Lipinski definition) is 8. The lowest BCUT2D eigenvalue weighted by molar-refractivity contribution is -0.176. The molecule has 0 radical (unpaired) electrons. The Bertz CT molecular complexity index is 863. The van der Waals surface area contributed by atoms with E-state index in [0.717, 1.165) is 0 Å². The molecule has 1 aliphatic carbocycles. The number of carbonyl (C=O) groups is 3. The highest BCUT2D eigenvalue weighted by Crippen LogP contribution is 2.51. The molecular formula is C22H30F2N2O7. The fourth-order valence-corrected chi connectivity index (χ4v) is 3.15. The lowest BCUT2D eigenvalue weighted by atomic mass is 9.91. The molecule has 1 saturated carbocycles.